The number of nitrogens with one attached hydrogen (secondary N) is 1. The predicted molar refractivity (Wildman–Crippen MR) is 157 cm³/mol. The number of aromatic nitrogens is 1. The highest BCUT2D eigenvalue weighted by Crippen LogP contribution is 2.36. The largest absolute Gasteiger partial charge is 0.466 e. The number of benzene rings is 3. The monoisotopic (exact) mass is 522 g/mol. The molecule has 202 valence electrons. The van der Waals surface area contributed by atoms with Gasteiger partial charge in [-0.05, 0) is 79.6 Å². The molecule has 0 radical (unpaired) electrons. The Kier molecular flexibility index (Phi) is 8.45. The zero-order valence-corrected chi connectivity index (χ0v) is 23.0. The number of carbonyl (C=O) groups is 2. The number of ether oxygens (including phenoxy) is 1. The van der Waals surface area contributed by atoms with Crippen LogP contribution in [0.25, 0.3) is 22.0 Å². The van der Waals surface area contributed by atoms with Crippen LogP contribution in [0.15, 0.2) is 79.0 Å². The molecule has 1 amide bonds. The molecule has 0 bridgehead atoms. The van der Waals surface area contributed by atoms with Crippen molar-refractivity contribution in [3.05, 3.63) is 95.7 Å². The first-order chi connectivity index (χ1) is 19.0. The van der Waals surface area contributed by atoms with Crippen molar-refractivity contribution in [1.29, 1.82) is 0 Å². The number of fused-ring (bicyclic) bond motifs is 1. The highest BCUT2D eigenvalue weighted by atomic mass is 16.5. The molecule has 39 heavy (non-hydrogen) atoms. The summed E-state index contributed by atoms with van der Waals surface area (Å²) < 4.78 is 7.33. The van der Waals surface area contributed by atoms with Crippen molar-refractivity contribution in [3.8, 4) is 11.1 Å². The van der Waals surface area contributed by atoms with E-state index < -0.39 is 0 Å². The lowest BCUT2D eigenvalue weighted by molar-refractivity contribution is -0.142. The van der Waals surface area contributed by atoms with Gasteiger partial charge in [-0.1, -0.05) is 67.3 Å². The van der Waals surface area contributed by atoms with Gasteiger partial charge in [-0.25, -0.2) is 0 Å². The highest BCUT2D eigenvalue weighted by Gasteiger charge is 2.22. The molecule has 1 atom stereocenters. The maximum atomic E-state index is 12.6. The Morgan fingerprint density at radius 1 is 0.974 bits per heavy atom. The fraction of sp³-hybridized carbons (Fsp3) is 0.353. The van der Waals surface area contributed by atoms with Crippen molar-refractivity contribution in [2.75, 3.05) is 13.2 Å². The maximum absolute atomic E-state index is 12.6. The minimum atomic E-state index is -0.299. The van der Waals surface area contributed by atoms with E-state index in [1.807, 2.05) is 12.1 Å². The molecular weight excluding hydrogens is 484 g/mol. The predicted octanol–water partition coefficient (Wildman–Crippen LogP) is 7.47. The van der Waals surface area contributed by atoms with E-state index in [1.165, 1.54) is 58.8 Å². The van der Waals surface area contributed by atoms with Crippen molar-refractivity contribution in [1.82, 2.24) is 9.88 Å². The van der Waals surface area contributed by atoms with Crippen molar-refractivity contribution >= 4 is 22.8 Å². The van der Waals surface area contributed by atoms with Crippen molar-refractivity contribution in [2.24, 2.45) is 5.92 Å². The first kappa shape index (κ1) is 26.7. The lowest BCUT2D eigenvalue weighted by Crippen LogP contribution is -2.26. The molecule has 4 aromatic rings. The normalized spacial score (nSPS) is 14.1. The van der Waals surface area contributed by atoms with E-state index in [0.29, 0.717) is 12.2 Å². The average Bonchev–Trinajstić information content (AvgIpc) is 3.34. The van der Waals surface area contributed by atoms with Crippen LogP contribution in [0.5, 0.6) is 0 Å². The van der Waals surface area contributed by atoms with E-state index in [4.69, 9.17) is 4.74 Å². The van der Waals surface area contributed by atoms with Gasteiger partial charge in [-0.3, -0.25) is 9.59 Å². The number of esters is 1. The highest BCUT2D eigenvalue weighted by molar-refractivity contribution is 5.94. The second-order valence-corrected chi connectivity index (χ2v) is 10.7. The number of amides is 1. The van der Waals surface area contributed by atoms with Gasteiger partial charge in [0.15, 0.2) is 0 Å². The third-order valence-electron chi connectivity index (χ3n) is 7.99. The topological polar surface area (TPSA) is 60.3 Å². The van der Waals surface area contributed by atoms with Crippen LogP contribution in [0, 0.1) is 12.8 Å². The summed E-state index contributed by atoms with van der Waals surface area (Å²) in [6.45, 7) is 4.50. The summed E-state index contributed by atoms with van der Waals surface area (Å²) in [6, 6.07) is 25.8. The van der Waals surface area contributed by atoms with Gasteiger partial charge in [0.25, 0.3) is 5.91 Å². The third kappa shape index (κ3) is 6.42. The van der Waals surface area contributed by atoms with E-state index in [2.05, 4.69) is 83.7 Å². The van der Waals surface area contributed by atoms with Crippen LogP contribution in [-0.4, -0.2) is 29.6 Å². The van der Waals surface area contributed by atoms with Crippen LogP contribution in [-0.2, 0) is 9.53 Å². The summed E-state index contributed by atoms with van der Waals surface area (Å²) in [5.74, 6) is 0.353. The molecule has 0 aliphatic heterocycles. The van der Waals surface area contributed by atoms with Crippen molar-refractivity contribution < 1.29 is 14.3 Å². The minimum Gasteiger partial charge on any atom is -0.466 e. The number of aryl methyl sites for hydroxylation is 1. The summed E-state index contributed by atoms with van der Waals surface area (Å²) in [7, 11) is 0. The van der Waals surface area contributed by atoms with Crippen LogP contribution in [0.2, 0.25) is 0 Å². The third-order valence-corrected chi connectivity index (χ3v) is 7.99. The molecule has 1 saturated carbocycles. The molecule has 5 rings (SSSR count). The second kappa shape index (κ2) is 12.3. The van der Waals surface area contributed by atoms with E-state index in [0.717, 1.165) is 12.3 Å². The number of hydrogen-bond donors (Lipinski definition) is 1. The van der Waals surface area contributed by atoms with Gasteiger partial charge < -0.3 is 14.6 Å². The Bertz CT molecular complexity index is 1420. The molecule has 0 saturated heterocycles. The van der Waals surface area contributed by atoms with Gasteiger partial charge in [-0.15, -0.1) is 0 Å². The minimum absolute atomic E-state index is 0.174. The molecular formula is C34H38N2O3. The van der Waals surface area contributed by atoms with E-state index >= 15 is 0 Å². The van der Waals surface area contributed by atoms with Gasteiger partial charge in [0.05, 0.1) is 19.1 Å². The van der Waals surface area contributed by atoms with Crippen molar-refractivity contribution in [2.45, 2.75) is 58.4 Å². The Morgan fingerprint density at radius 2 is 1.72 bits per heavy atom. The van der Waals surface area contributed by atoms with E-state index in [1.54, 1.807) is 6.92 Å². The molecule has 1 unspecified atom stereocenters. The number of nitrogens with zero attached hydrogens (tertiary/aromatic N) is 1. The molecule has 3 aromatic carbocycles. The maximum Gasteiger partial charge on any atom is 0.307 e. The smallest absolute Gasteiger partial charge is 0.307 e. The molecule has 1 fully saturated rings. The van der Waals surface area contributed by atoms with Crippen LogP contribution in [0.3, 0.4) is 0 Å². The molecule has 5 heteroatoms. The quantitative estimate of drug-likeness (QED) is 0.208. The molecule has 1 aliphatic rings. The zero-order chi connectivity index (χ0) is 27.2. The van der Waals surface area contributed by atoms with Gasteiger partial charge in [0.1, 0.15) is 0 Å². The van der Waals surface area contributed by atoms with Gasteiger partial charge in [0, 0.05) is 29.2 Å². The lowest BCUT2D eigenvalue weighted by Gasteiger charge is -2.28. The van der Waals surface area contributed by atoms with Gasteiger partial charge >= 0.3 is 5.97 Å². The van der Waals surface area contributed by atoms with Crippen LogP contribution < -0.4 is 5.32 Å². The molecule has 0 spiro atoms. The Hall–Kier alpha value is -3.86. The van der Waals surface area contributed by atoms with Gasteiger partial charge in [0.2, 0.25) is 0 Å². The Morgan fingerprint density at radius 3 is 2.41 bits per heavy atom. The molecule has 1 aliphatic carbocycles. The summed E-state index contributed by atoms with van der Waals surface area (Å²) in [4.78, 5) is 24.2. The van der Waals surface area contributed by atoms with Crippen molar-refractivity contribution in [3.63, 3.8) is 0 Å². The number of carbonyl (C=O) groups excluding carboxylic acids is 2. The van der Waals surface area contributed by atoms with Crippen LogP contribution in [0.1, 0.15) is 73.0 Å². The number of rotatable bonds is 11. The van der Waals surface area contributed by atoms with E-state index in [-0.39, 0.29) is 30.9 Å². The second-order valence-electron chi connectivity index (χ2n) is 10.7. The number of hydrogen-bond acceptors (Lipinski definition) is 3. The SMILES string of the molecule is CCOC(=O)CCNC(=O)c1ccc(C(CCC2CCC2)n2ccc3cc(-c4ccc(C)cc4)ccc32)cc1. The molecule has 1 heterocycles. The fourth-order valence-corrected chi connectivity index (χ4v) is 5.47. The summed E-state index contributed by atoms with van der Waals surface area (Å²) >= 11 is 0. The lowest BCUT2D eigenvalue weighted by atomic mass is 9.80. The van der Waals surface area contributed by atoms with Crippen LogP contribution >= 0.6 is 0 Å². The zero-order valence-electron chi connectivity index (χ0n) is 23.0. The Balaban J connectivity index is 1.35. The van der Waals surface area contributed by atoms with E-state index in [9.17, 15) is 9.59 Å². The molecule has 5 nitrogen and oxygen atoms in total. The first-order valence-electron chi connectivity index (χ1n) is 14.2. The molecule has 1 aromatic heterocycles. The fourth-order valence-electron chi connectivity index (χ4n) is 5.47. The standard InChI is InChI=1S/C34H38N2O3/c1-3-39-33(37)19-21-35-34(38)28-14-12-27(13-15-28)31(17-9-25-5-4-6-25)36-22-20-30-23-29(16-18-32(30)36)26-10-7-24(2)8-11-26/h7-8,10-16,18,20,22-23,25,31H,3-6,9,17,19,21H2,1-2H3,(H,35,38). The van der Waals surface area contributed by atoms with Gasteiger partial charge in [-0.2, -0.15) is 0 Å². The van der Waals surface area contributed by atoms with Crippen LogP contribution in [0.4, 0.5) is 0 Å². The Labute approximate surface area is 231 Å². The summed E-state index contributed by atoms with van der Waals surface area (Å²) in [5.41, 5.74) is 6.75. The summed E-state index contributed by atoms with van der Waals surface area (Å²) in [5, 5.41) is 4.06. The average molecular weight is 523 g/mol. The summed E-state index contributed by atoms with van der Waals surface area (Å²) in [6.07, 6.45) is 8.69. The molecule has 1 N–H and O–H groups in total. The first-order valence-corrected chi connectivity index (χ1v) is 14.2.